The van der Waals surface area contributed by atoms with Gasteiger partial charge in [0, 0.05) is 17.5 Å². The molecule has 0 radical (unpaired) electrons. The van der Waals surface area contributed by atoms with Crippen molar-refractivity contribution in [2.75, 3.05) is 33.9 Å². The molecule has 2 aliphatic rings. The van der Waals surface area contributed by atoms with Crippen LogP contribution >= 0.6 is 0 Å². The number of esters is 1. The highest BCUT2D eigenvalue weighted by Crippen LogP contribution is 2.38. The van der Waals surface area contributed by atoms with Gasteiger partial charge in [-0.15, -0.1) is 0 Å². The molecule has 8 heteroatoms. The minimum atomic E-state index is -0.401. The van der Waals surface area contributed by atoms with E-state index in [2.05, 4.69) is 0 Å². The van der Waals surface area contributed by atoms with Gasteiger partial charge in [-0.2, -0.15) is 5.10 Å². The maximum absolute atomic E-state index is 13.7. The van der Waals surface area contributed by atoms with Crippen molar-refractivity contribution in [3.8, 4) is 11.5 Å². The number of hydrazone groups is 1. The van der Waals surface area contributed by atoms with E-state index < -0.39 is 6.04 Å². The van der Waals surface area contributed by atoms with Crippen molar-refractivity contribution in [3.63, 3.8) is 0 Å². The Bertz CT molecular complexity index is 1090. The Morgan fingerprint density at radius 2 is 1.89 bits per heavy atom. The first kappa shape index (κ1) is 24.7. The van der Waals surface area contributed by atoms with E-state index in [1.54, 1.807) is 26.2 Å². The molecule has 0 saturated carbocycles. The molecule has 1 amide bonds. The third-order valence-corrected chi connectivity index (χ3v) is 6.58. The molecular formula is C27H33N3O5. The second kappa shape index (κ2) is 11.4. The van der Waals surface area contributed by atoms with E-state index in [1.165, 1.54) is 0 Å². The first-order valence-corrected chi connectivity index (χ1v) is 12.1. The van der Waals surface area contributed by atoms with Crippen LogP contribution in [0.3, 0.4) is 0 Å². The van der Waals surface area contributed by atoms with Crippen LogP contribution in [0, 0.1) is 0 Å². The van der Waals surface area contributed by atoms with E-state index in [-0.39, 0.29) is 24.5 Å². The number of likely N-dealkylation sites (tertiary alicyclic amines) is 1. The minimum absolute atomic E-state index is 0.101. The topological polar surface area (TPSA) is 80.7 Å². The van der Waals surface area contributed by atoms with Crippen LogP contribution in [0.2, 0.25) is 0 Å². The molecular weight excluding hydrogens is 446 g/mol. The zero-order chi connectivity index (χ0) is 24.8. The number of ether oxygens (including phenoxy) is 3. The van der Waals surface area contributed by atoms with E-state index in [1.807, 2.05) is 53.4 Å². The van der Waals surface area contributed by atoms with Gasteiger partial charge in [0.15, 0.2) is 0 Å². The van der Waals surface area contributed by atoms with Gasteiger partial charge in [0.25, 0.3) is 5.91 Å². The van der Waals surface area contributed by atoms with Gasteiger partial charge in [-0.25, -0.2) is 5.01 Å². The highest BCUT2D eigenvalue weighted by atomic mass is 16.5. The summed E-state index contributed by atoms with van der Waals surface area (Å²) in [5.74, 6) is 1.02. The lowest BCUT2D eigenvalue weighted by atomic mass is 9.97. The van der Waals surface area contributed by atoms with Gasteiger partial charge in [0.05, 0.1) is 39.1 Å². The van der Waals surface area contributed by atoms with Crippen molar-refractivity contribution >= 4 is 17.6 Å². The van der Waals surface area contributed by atoms with E-state index in [4.69, 9.17) is 19.3 Å². The first-order chi connectivity index (χ1) is 17.0. The molecule has 0 unspecified atom stereocenters. The van der Waals surface area contributed by atoms with Crippen LogP contribution in [-0.4, -0.2) is 67.5 Å². The van der Waals surface area contributed by atoms with Gasteiger partial charge in [-0.1, -0.05) is 36.8 Å². The highest BCUT2D eigenvalue weighted by Gasteiger charge is 2.38. The summed E-state index contributed by atoms with van der Waals surface area (Å²) in [6, 6.07) is 14.7. The Balaban J connectivity index is 1.64. The van der Waals surface area contributed by atoms with Crippen molar-refractivity contribution in [1.82, 2.24) is 9.91 Å². The minimum Gasteiger partial charge on any atom is -0.497 e. The number of amides is 1. The van der Waals surface area contributed by atoms with Crippen LogP contribution in [0.15, 0.2) is 53.6 Å². The molecule has 4 rings (SSSR count). The van der Waals surface area contributed by atoms with E-state index in [0.717, 1.165) is 35.4 Å². The van der Waals surface area contributed by atoms with Crippen LogP contribution in [0.1, 0.15) is 49.8 Å². The largest absolute Gasteiger partial charge is 0.497 e. The smallest absolute Gasteiger partial charge is 0.323 e. The summed E-state index contributed by atoms with van der Waals surface area (Å²) in [6.07, 6.45) is 3.12. The fraction of sp³-hybridized carbons (Fsp3) is 0.444. The SMILES string of the molecule is CCOC(=O)[C@H]1CCCCN1CC(=O)N1N=C(c2cccc(OC)c2)C[C@@H]1c1ccccc1OC. The number of carbonyl (C=O) groups excluding carboxylic acids is 2. The second-order valence-electron chi connectivity index (χ2n) is 8.71. The predicted molar refractivity (Wildman–Crippen MR) is 133 cm³/mol. The summed E-state index contributed by atoms with van der Waals surface area (Å²) in [7, 11) is 3.25. The molecule has 1 saturated heterocycles. The van der Waals surface area contributed by atoms with Crippen LogP contribution in [-0.2, 0) is 14.3 Å². The third kappa shape index (κ3) is 5.48. The number of para-hydroxylation sites is 1. The number of piperidine rings is 1. The van der Waals surface area contributed by atoms with Crippen LogP contribution in [0.25, 0.3) is 0 Å². The van der Waals surface area contributed by atoms with Crippen molar-refractivity contribution < 1.29 is 23.8 Å². The van der Waals surface area contributed by atoms with E-state index >= 15 is 0 Å². The first-order valence-electron chi connectivity index (χ1n) is 12.1. The number of nitrogens with zero attached hydrogens (tertiary/aromatic N) is 3. The normalized spacial score (nSPS) is 20.3. The van der Waals surface area contributed by atoms with Gasteiger partial charge in [0.2, 0.25) is 0 Å². The maximum atomic E-state index is 13.7. The summed E-state index contributed by atoms with van der Waals surface area (Å²) >= 11 is 0. The van der Waals surface area contributed by atoms with Crippen LogP contribution in [0.4, 0.5) is 0 Å². The highest BCUT2D eigenvalue weighted by molar-refractivity contribution is 6.03. The Morgan fingerprint density at radius 1 is 1.06 bits per heavy atom. The molecule has 0 aliphatic carbocycles. The van der Waals surface area contributed by atoms with Gasteiger partial charge in [0.1, 0.15) is 17.5 Å². The molecule has 2 aromatic rings. The summed E-state index contributed by atoms with van der Waals surface area (Å²) in [4.78, 5) is 28.1. The lowest BCUT2D eigenvalue weighted by Crippen LogP contribution is -2.49. The number of carbonyl (C=O) groups is 2. The number of hydrogen-bond acceptors (Lipinski definition) is 7. The van der Waals surface area contributed by atoms with Gasteiger partial charge in [-0.3, -0.25) is 14.5 Å². The Morgan fingerprint density at radius 3 is 2.66 bits per heavy atom. The van der Waals surface area contributed by atoms with Crippen LogP contribution < -0.4 is 9.47 Å². The molecule has 1 fully saturated rings. The summed E-state index contributed by atoms with van der Waals surface area (Å²) in [5, 5.41) is 6.34. The molecule has 2 aliphatic heterocycles. The van der Waals surface area contributed by atoms with Gasteiger partial charge in [-0.05, 0) is 44.5 Å². The average molecular weight is 480 g/mol. The zero-order valence-electron chi connectivity index (χ0n) is 20.6. The molecule has 0 aromatic heterocycles. The molecule has 2 aromatic carbocycles. The predicted octanol–water partition coefficient (Wildman–Crippen LogP) is 3.80. The van der Waals surface area contributed by atoms with Crippen molar-refractivity contribution in [2.24, 2.45) is 5.10 Å². The summed E-state index contributed by atoms with van der Waals surface area (Å²) < 4.78 is 16.3. The Kier molecular flexibility index (Phi) is 8.02. The Labute approximate surface area is 206 Å². The van der Waals surface area contributed by atoms with Crippen molar-refractivity contribution in [3.05, 3.63) is 59.7 Å². The molecule has 8 nitrogen and oxygen atoms in total. The van der Waals surface area contributed by atoms with Crippen molar-refractivity contribution in [2.45, 2.75) is 44.7 Å². The number of methoxy groups -OCH3 is 2. The van der Waals surface area contributed by atoms with E-state index in [0.29, 0.717) is 31.7 Å². The molecule has 2 heterocycles. The number of benzene rings is 2. The zero-order valence-corrected chi connectivity index (χ0v) is 20.6. The van der Waals surface area contributed by atoms with Gasteiger partial charge < -0.3 is 14.2 Å². The summed E-state index contributed by atoms with van der Waals surface area (Å²) in [6.45, 7) is 2.90. The lowest BCUT2D eigenvalue weighted by molar-refractivity contribution is -0.152. The molecule has 35 heavy (non-hydrogen) atoms. The maximum Gasteiger partial charge on any atom is 0.323 e. The summed E-state index contributed by atoms with van der Waals surface area (Å²) in [5.41, 5.74) is 2.60. The molecule has 2 atom stereocenters. The molecule has 0 N–H and O–H groups in total. The van der Waals surface area contributed by atoms with Crippen LogP contribution in [0.5, 0.6) is 11.5 Å². The molecule has 0 spiro atoms. The van der Waals surface area contributed by atoms with Gasteiger partial charge >= 0.3 is 5.97 Å². The fourth-order valence-corrected chi connectivity index (χ4v) is 4.83. The lowest BCUT2D eigenvalue weighted by Gasteiger charge is -2.34. The molecule has 0 bridgehead atoms. The number of rotatable bonds is 8. The van der Waals surface area contributed by atoms with E-state index in [9.17, 15) is 9.59 Å². The quantitative estimate of drug-likeness (QED) is 0.536. The van der Waals surface area contributed by atoms with Crippen molar-refractivity contribution in [1.29, 1.82) is 0 Å². The Hall–Kier alpha value is -3.39. The molecule has 186 valence electrons. The fourth-order valence-electron chi connectivity index (χ4n) is 4.83. The monoisotopic (exact) mass is 479 g/mol. The standard InChI is InChI=1S/C27H33N3O5/c1-4-35-27(32)23-13-7-8-15-29(23)18-26(31)30-24(21-12-5-6-14-25(21)34-3)17-22(28-30)19-10-9-11-20(16-19)33-2/h5-6,9-12,14,16,23-24H,4,7-8,13,15,17-18H2,1-3H3/t23-,24-/m1/s1. The number of hydrogen-bond donors (Lipinski definition) is 0. The average Bonchev–Trinajstić information content (AvgIpc) is 3.35. The third-order valence-electron chi connectivity index (χ3n) is 6.58. The second-order valence-corrected chi connectivity index (χ2v) is 8.71.